The van der Waals surface area contributed by atoms with Crippen molar-refractivity contribution >= 4 is 82.7 Å². The number of likely N-dealkylation sites (N-methyl/N-ethyl adjacent to an activating group) is 2. The SMILES string of the molecule is C#CCNC(=O)C(CO)(CO)C(=O)NCCCC[C@@H](C(=O)CCCc1ccc(NC(=O)CCCCCCC(=O)CO)cc1)[N+](C)(C)C.C#CCNC(=O)C(CO)(CO)C(=O)NCCCC[C@@H](C(=O)CCCc1ccc(NC(=O)CCCCCCC(=O)O)cc1)[N+](C)(C)C.CC(O)c1ccc(C=O)cc1.CC(O)c1ccc(C=O)cc1.[H+]. The fourth-order valence-corrected chi connectivity index (χ4v) is 12.0. The van der Waals surface area contributed by atoms with E-state index in [-0.39, 0.29) is 75.3 Å². The number of benzene rings is 4. The fraction of sp³-hybridized carbons (Fsp3) is 0.540. The first-order valence-corrected chi connectivity index (χ1v) is 39.3. The maximum atomic E-state index is 13.2. The summed E-state index contributed by atoms with van der Waals surface area (Å²) in [5.74, 6) is 0.393. The number of carboxylic acids is 1. The van der Waals surface area contributed by atoms with E-state index in [9.17, 15) is 78.0 Å². The first-order valence-electron chi connectivity index (χ1n) is 39.3. The molecule has 28 heteroatoms. The van der Waals surface area contributed by atoms with Crippen molar-refractivity contribution in [1.29, 1.82) is 0 Å². The molecule has 634 valence electrons. The highest BCUT2D eigenvalue weighted by atomic mass is 16.4. The summed E-state index contributed by atoms with van der Waals surface area (Å²) in [6, 6.07) is 28.5. The molecule has 4 rings (SSSR count). The third-order valence-electron chi connectivity index (χ3n) is 19.2. The van der Waals surface area contributed by atoms with Crippen LogP contribution < -0.4 is 31.9 Å². The van der Waals surface area contributed by atoms with Gasteiger partial charge < -0.3 is 81.7 Å². The number of carboxylic acid groups (broad SMARTS) is 1. The number of aliphatic carboxylic acids is 1. The van der Waals surface area contributed by atoms with E-state index in [2.05, 4.69) is 43.7 Å². The predicted octanol–water partition coefficient (Wildman–Crippen LogP) is 6.74. The van der Waals surface area contributed by atoms with Crippen molar-refractivity contribution in [2.75, 3.05) is 112 Å². The molecule has 4 aromatic rings. The molecule has 4 aromatic carbocycles. The van der Waals surface area contributed by atoms with Crippen LogP contribution in [0.3, 0.4) is 0 Å². The van der Waals surface area contributed by atoms with Crippen molar-refractivity contribution < 1.29 is 109 Å². The molecule has 0 spiro atoms. The van der Waals surface area contributed by atoms with Gasteiger partial charge in [-0.05, 0) is 137 Å². The largest absolute Gasteiger partial charge is 1.00 e. The maximum Gasteiger partial charge on any atom is 1.00 e. The van der Waals surface area contributed by atoms with Gasteiger partial charge in [-0.2, -0.15) is 0 Å². The van der Waals surface area contributed by atoms with Gasteiger partial charge in [-0.1, -0.05) is 110 Å². The highest BCUT2D eigenvalue weighted by Gasteiger charge is 2.46. The molecule has 0 aliphatic heterocycles. The lowest BCUT2D eigenvalue weighted by Crippen LogP contribution is -2.56. The number of aliphatic hydroxyl groups excluding tert-OH is 7. The number of aryl methyl sites for hydroxylation is 2. The quantitative estimate of drug-likeness (QED) is 0.00715. The van der Waals surface area contributed by atoms with Crippen LogP contribution in [-0.2, 0) is 60.8 Å². The molecule has 14 N–H and O–H groups in total. The third kappa shape index (κ3) is 41.4. The van der Waals surface area contributed by atoms with Crippen LogP contribution in [0.15, 0.2) is 97.1 Å². The smallest absolute Gasteiger partial charge is 0.481 e. The highest BCUT2D eigenvalue weighted by Crippen LogP contribution is 2.24. The number of nitrogens with one attached hydrogen (secondary N) is 6. The van der Waals surface area contributed by atoms with Crippen LogP contribution in [0.4, 0.5) is 11.4 Å². The number of aliphatic hydroxyl groups is 7. The molecular weight excluding hydrogens is 1480 g/mol. The monoisotopic (exact) mass is 1610 g/mol. The molecular formula is C87H129N8O20+3. The summed E-state index contributed by atoms with van der Waals surface area (Å²) in [4.78, 5) is 143. The molecule has 0 aliphatic carbocycles. The average molecular weight is 1610 g/mol. The summed E-state index contributed by atoms with van der Waals surface area (Å²) in [6.07, 6.45) is 25.6. The Morgan fingerprint density at radius 3 is 1.03 bits per heavy atom. The van der Waals surface area contributed by atoms with Gasteiger partial charge in [0.25, 0.3) is 0 Å². The summed E-state index contributed by atoms with van der Waals surface area (Å²) >= 11 is 0. The van der Waals surface area contributed by atoms with Gasteiger partial charge in [0.2, 0.25) is 35.4 Å². The van der Waals surface area contributed by atoms with Crippen molar-refractivity contribution in [2.24, 2.45) is 10.8 Å². The molecule has 28 nitrogen and oxygen atoms in total. The van der Waals surface area contributed by atoms with E-state index < -0.39 is 85.7 Å². The van der Waals surface area contributed by atoms with Crippen molar-refractivity contribution in [1.82, 2.24) is 21.3 Å². The van der Waals surface area contributed by atoms with Gasteiger partial charge in [0, 0.05) is 87.0 Å². The number of carbonyl (C=O) groups is 12. The van der Waals surface area contributed by atoms with Gasteiger partial charge >= 0.3 is 7.40 Å². The van der Waals surface area contributed by atoms with Gasteiger partial charge in [-0.3, -0.25) is 57.5 Å². The van der Waals surface area contributed by atoms with Crippen molar-refractivity contribution in [3.8, 4) is 24.7 Å². The second kappa shape index (κ2) is 57.3. The Bertz CT molecular complexity index is 3630. The summed E-state index contributed by atoms with van der Waals surface area (Å²) in [6.45, 7) is -0.357. The molecule has 115 heavy (non-hydrogen) atoms. The van der Waals surface area contributed by atoms with E-state index in [1.807, 2.05) is 90.8 Å². The third-order valence-corrected chi connectivity index (χ3v) is 19.2. The second-order valence-electron chi connectivity index (χ2n) is 30.3. The number of hydrogen-bond acceptors (Lipinski definition) is 19. The van der Waals surface area contributed by atoms with E-state index in [1.54, 1.807) is 62.4 Å². The summed E-state index contributed by atoms with van der Waals surface area (Å²) < 4.78 is 0.936. The normalized spacial score (nSPS) is 12.2. The van der Waals surface area contributed by atoms with Crippen LogP contribution in [0.1, 0.15) is 212 Å². The molecule has 0 fully saturated rings. The fourth-order valence-electron chi connectivity index (χ4n) is 12.0. The number of rotatable bonds is 53. The van der Waals surface area contributed by atoms with Crippen molar-refractivity contribution in [3.05, 3.63) is 130 Å². The molecule has 4 atom stereocenters. The van der Waals surface area contributed by atoms with Gasteiger partial charge in [-0.25, -0.2) is 0 Å². The maximum absolute atomic E-state index is 13.2. The minimum absolute atomic E-state index is 0. The van der Waals surface area contributed by atoms with Gasteiger partial charge in [0.15, 0.2) is 28.2 Å². The van der Waals surface area contributed by atoms with Crippen LogP contribution in [0.2, 0.25) is 0 Å². The van der Waals surface area contributed by atoms with E-state index in [0.29, 0.717) is 122 Å². The molecule has 0 saturated carbocycles. The molecule has 0 saturated heterocycles. The Hall–Kier alpha value is -9.72. The minimum atomic E-state index is -2.03. The molecule has 2 unspecified atom stereocenters. The second-order valence-corrected chi connectivity index (χ2v) is 30.3. The van der Waals surface area contributed by atoms with Crippen LogP contribution in [-0.4, -0.2) is 235 Å². The van der Waals surface area contributed by atoms with E-state index in [0.717, 1.165) is 91.9 Å². The number of amides is 6. The van der Waals surface area contributed by atoms with E-state index in [1.165, 1.54) is 0 Å². The van der Waals surface area contributed by atoms with Crippen LogP contribution in [0.5, 0.6) is 0 Å². The Morgan fingerprint density at radius 1 is 0.426 bits per heavy atom. The number of unbranched alkanes of at least 4 members (excludes halogenated alkanes) is 8. The Balaban J connectivity index is 0.00000178. The number of aldehydes is 2. The van der Waals surface area contributed by atoms with Crippen LogP contribution in [0.25, 0.3) is 0 Å². The molecule has 0 heterocycles. The Morgan fingerprint density at radius 2 is 0.748 bits per heavy atom. The summed E-state index contributed by atoms with van der Waals surface area (Å²) in [7, 11) is 11.9. The first-order chi connectivity index (χ1) is 54.6. The average Bonchev–Trinajstić information content (AvgIpc) is 0.818. The highest BCUT2D eigenvalue weighted by molar-refractivity contribution is 6.06. The predicted molar refractivity (Wildman–Crippen MR) is 441 cm³/mol. The molecule has 6 amide bonds. The number of terminal acetylenes is 2. The number of nitrogens with zero attached hydrogens (tertiary/aromatic N) is 2. The summed E-state index contributed by atoms with van der Waals surface area (Å²) in [5.41, 5.74) is 2.43. The van der Waals surface area contributed by atoms with E-state index in [4.69, 9.17) is 33.3 Å². The molecule has 0 bridgehead atoms. The number of Topliss-reactive ketones (excluding diaryl/α,β-unsaturated/α-hetero) is 3. The van der Waals surface area contributed by atoms with Crippen molar-refractivity contribution in [3.63, 3.8) is 0 Å². The molecule has 0 aliphatic rings. The van der Waals surface area contributed by atoms with Crippen LogP contribution in [0, 0.1) is 35.5 Å². The number of anilines is 2. The number of hydrogen-bond donors (Lipinski definition) is 14. The van der Waals surface area contributed by atoms with Gasteiger partial charge in [-0.15, -0.1) is 12.8 Å². The van der Waals surface area contributed by atoms with Crippen LogP contribution >= 0.6 is 0 Å². The zero-order chi connectivity index (χ0) is 86.4. The zero-order valence-corrected chi connectivity index (χ0v) is 68.6. The lowest BCUT2D eigenvalue weighted by molar-refractivity contribution is -0.886. The lowest BCUT2D eigenvalue weighted by atomic mass is 9.87. The molecule has 0 aromatic heterocycles. The number of carbonyl (C=O) groups excluding carboxylic acids is 11. The number of quaternary nitrogens is 2. The van der Waals surface area contributed by atoms with Crippen molar-refractivity contribution in [2.45, 2.75) is 192 Å². The molecule has 0 radical (unpaired) electrons. The van der Waals surface area contributed by atoms with Gasteiger partial charge in [0.05, 0.1) is 94.0 Å². The van der Waals surface area contributed by atoms with Gasteiger partial charge in [0.1, 0.15) is 31.3 Å². The lowest BCUT2D eigenvalue weighted by Gasteiger charge is -2.33. The Kier molecular flexibility index (Phi) is 51.5. The minimum Gasteiger partial charge on any atom is -0.481 e. The topological polar surface area (TPSA) is 439 Å². The Labute approximate surface area is 680 Å². The summed E-state index contributed by atoms with van der Waals surface area (Å²) in [5, 5.41) is 90.0. The first kappa shape index (κ1) is 103. The number of ketones is 3. The van der Waals surface area contributed by atoms with E-state index >= 15 is 0 Å². The standard InChI is InChI=1S/C35H54N4O8.C34H52N4O8.2C9H10O2/c1-5-22-36-33(46)35(25-41,26-42)34(47)37-23-11-10-15-30(39(2,3)4)31(44)16-12-13-27-18-20-28(21-19-27)38-32(45)17-9-7-6-8-14-29(43)24-40;1-5-22-35-32(45)34(24-39,25-40)33(46)36-23-11-10-14-28(38(2,3)4)29(41)15-12-13-26-18-20-27(21-19-26)37-30(42)16-8-6-7-9-17-31(43)44;2*1-7(11)9-4-2-8(6-10)3-5-9/h1,18-21,30,40-42H,6-17,22-26H2,2-4H3,(H2-,36,37,38,45,46,47);1,18-21,28,39-40H,6-17,22-25H2,2-4H3,(H3-,35,36,37,42,43,44,45,46);2*2-7,11H,1H3/p+3/t30-;28-;;/m00../s1. The zero-order valence-electron chi connectivity index (χ0n) is 69.6.